The monoisotopic (exact) mass is 439 g/mol. The van der Waals surface area contributed by atoms with Crippen LogP contribution in [0.3, 0.4) is 0 Å². The molecule has 0 aromatic heterocycles. The van der Waals surface area contributed by atoms with Gasteiger partial charge in [0.2, 0.25) is 0 Å². The lowest BCUT2D eigenvalue weighted by atomic mass is 9.99. The Morgan fingerprint density at radius 1 is 1.22 bits per heavy atom. The van der Waals surface area contributed by atoms with Gasteiger partial charge in [-0.2, -0.15) is 0 Å². The number of nitrogens with one attached hydrogen (secondary N) is 2. The number of rotatable bonds is 8. The van der Waals surface area contributed by atoms with E-state index in [4.69, 9.17) is 9.47 Å². The van der Waals surface area contributed by atoms with Gasteiger partial charge in [0.15, 0.2) is 11.5 Å². The summed E-state index contributed by atoms with van der Waals surface area (Å²) in [5.41, 5.74) is 9.20. The highest BCUT2D eigenvalue weighted by Crippen LogP contribution is 2.36. The molecule has 4 rings (SSSR count). The van der Waals surface area contributed by atoms with Crippen molar-refractivity contribution in [2.24, 2.45) is 0 Å². The van der Waals surface area contributed by atoms with Crippen molar-refractivity contribution in [1.82, 2.24) is 15.8 Å². The molecule has 2 aliphatic rings. The molecule has 0 bridgehead atoms. The van der Waals surface area contributed by atoms with Crippen LogP contribution in [0.5, 0.6) is 11.5 Å². The molecular formula is C25H30FN3O3. The van der Waals surface area contributed by atoms with Gasteiger partial charge in [-0.25, -0.2) is 4.39 Å². The molecule has 0 spiro atoms. The molecule has 1 fully saturated rings. The predicted molar refractivity (Wildman–Crippen MR) is 122 cm³/mol. The second-order valence-corrected chi connectivity index (χ2v) is 8.26. The Labute approximate surface area is 188 Å². The third-order valence-corrected chi connectivity index (χ3v) is 5.93. The molecule has 1 amide bonds. The topological polar surface area (TPSA) is 62.8 Å². The zero-order valence-electron chi connectivity index (χ0n) is 18.6. The van der Waals surface area contributed by atoms with E-state index in [0.29, 0.717) is 36.3 Å². The van der Waals surface area contributed by atoms with Crippen LogP contribution in [0.25, 0.3) is 6.08 Å². The zero-order valence-corrected chi connectivity index (χ0v) is 18.6. The van der Waals surface area contributed by atoms with Crippen molar-refractivity contribution in [3.63, 3.8) is 0 Å². The summed E-state index contributed by atoms with van der Waals surface area (Å²) >= 11 is 0. The van der Waals surface area contributed by atoms with Crippen LogP contribution in [0.1, 0.15) is 43.4 Å². The maximum Gasteiger partial charge on any atom is 0.252 e. The lowest BCUT2D eigenvalue weighted by Gasteiger charge is -2.24. The third-order valence-electron chi connectivity index (χ3n) is 5.93. The Balaban J connectivity index is 1.27. The quantitative estimate of drug-likeness (QED) is 0.654. The van der Waals surface area contributed by atoms with Crippen molar-refractivity contribution in [3.8, 4) is 11.5 Å². The lowest BCUT2D eigenvalue weighted by molar-refractivity contribution is -0.126. The molecule has 0 radical (unpaired) electrons. The Kier molecular flexibility index (Phi) is 7.07. The zero-order chi connectivity index (χ0) is 22.5. The predicted octanol–water partition coefficient (Wildman–Crippen LogP) is 3.85. The molecule has 1 saturated heterocycles. The van der Waals surface area contributed by atoms with Crippen molar-refractivity contribution < 1.29 is 18.7 Å². The molecule has 2 unspecified atom stereocenters. The number of hydrogen-bond acceptors (Lipinski definition) is 5. The van der Waals surface area contributed by atoms with Gasteiger partial charge in [-0.1, -0.05) is 24.3 Å². The molecule has 7 heteroatoms. The van der Waals surface area contributed by atoms with E-state index in [0.717, 1.165) is 30.4 Å². The maximum atomic E-state index is 13.1. The first-order chi connectivity index (χ1) is 15.5. The average Bonchev–Trinajstić information content (AvgIpc) is 3.28. The molecule has 2 heterocycles. The van der Waals surface area contributed by atoms with E-state index in [1.165, 1.54) is 12.1 Å². The molecule has 2 aliphatic heterocycles. The number of amides is 1. The first-order valence-corrected chi connectivity index (χ1v) is 11.2. The van der Waals surface area contributed by atoms with E-state index >= 15 is 0 Å². The van der Waals surface area contributed by atoms with Crippen molar-refractivity contribution in [3.05, 3.63) is 65.0 Å². The van der Waals surface area contributed by atoms with E-state index in [2.05, 4.69) is 10.9 Å². The summed E-state index contributed by atoms with van der Waals surface area (Å²) in [7, 11) is 1.83. The third kappa shape index (κ3) is 5.11. The van der Waals surface area contributed by atoms with Crippen molar-refractivity contribution >= 4 is 12.0 Å². The first kappa shape index (κ1) is 22.3. The lowest BCUT2D eigenvalue weighted by Crippen LogP contribution is -2.34. The second-order valence-electron chi connectivity index (χ2n) is 8.26. The van der Waals surface area contributed by atoms with Gasteiger partial charge >= 0.3 is 0 Å². The highest BCUT2D eigenvalue weighted by atomic mass is 19.1. The number of ether oxygens (including phenoxy) is 2. The highest BCUT2D eigenvalue weighted by molar-refractivity contribution is 5.99. The van der Waals surface area contributed by atoms with Crippen LogP contribution >= 0.6 is 0 Å². The van der Waals surface area contributed by atoms with Gasteiger partial charge in [0.25, 0.3) is 5.91 Å². The van der Waals surface area contributed by atoms with Gasteiger partial charge in [0.05, 0.1) is 12.2 Å². The van der Waals surface area contributed by atoms with Crippen LogP contribution in [0, 0.1) is 5.82 Å². The SMILES string of the molecule is CCOc1cccc2c1OCC(C(=O)N(C)CCCC1CC(c3ccc(F)cc3)NN1)=C2. The van der Waals surface area contributed by atoms with Gasteiger partial charge in [0, 0.05) is 31.2 Å². The number of halogens is 1. The van der Waals surface area contributed by atoms with E-state index in [9.17, 15) is 9.18 Å². The number of nitrogens with zero attached hydrogens (tertiary/aromatic N) is 1. The van der Waals surface area contributed by atoms with Crippen LogP contribution in [0.15, 0.2) is 48.0 Å². The molecule has 0 saturated carbocycles. The van der Waals surface area contributed by atoms with E-state index in [1.807, 2.05) is 50.4 Å². The van der Waals surface area contributed by atoms with Crippen molar-refractivity contribution in [2.75, 3.05) is 26.8 Å². The number of hydrazine groups is 1. The van der Waals surface area contributed by atoms with Gasteiger partial charge < -0.3 is 14.4 Å². The number of fused-ring (bicyclic) bond motifs is 1. The Morgan fingerprint density at radius 3 is 2.81 bits per heavy atom. The summed E-state index contributed by atoms with van der Waals surface area (Å²) < 4.78 is 24.6. The summed E-state index contributed by atoms with van der Waals surface area (Å²) in [5, 5.41) is 0. The number of hydrogen-bond donors (Lipinski definition) is 2. The molecular weight excluding hydrogens is 409 g/mol. The number of benzene rings is 2. The minimum atomic E-state index is -0.222. The smallest absolute Gasteiger partial charge is 0.252 e. The van der Waals surface area contributed by atoms with Gasteiger partial charge in [-0.3, -0.25) is 15.6 Å². The largest absolute Gasteiger partial charge is 0.490 e. The molecule has 6 nitrogen and oxygen atoms in total. The Hall–Kier alpha value is -2.90. The van der Waals surface area contributed by atoms with Crippen LogP contribution in [0.2, 0.25) is 0 Å². The maximum absolute atomic E-state index is 13.1. The highest BCUT2D eigenvalue weighted by Gasteiger charge is 2.26. The number of carbonyl (C=O) groups excluding carboxylic acids is 1. The number of carbonyl (C=O) groups is 1. The van der Waals surface area contributed by atoms with E-state index in [1.54, 1.807) is 4.90 Å². The molecule has 2 aromatic rings. The van der Waals surface area contributed by atoms with Crippen molar-refractivity contribution in [1.29, 1.82) is 0 Å². The van der Waals surface area contributed by atoms with Gasteiger partial charge in [0.1, 0.15) is 12.4 Å². The minimum absolute atomic E-state index is 0.0147. The summed E-state index contributed by atoms with van der Waals surface area (Å²) in [5.74, 6) is 1.17. The fourth-order valence-electron chi connectivity index (χ4n) is 4.22. The van der Waals surface area contributed by atoms with E-state index < -0.39 is 0 Å². The summed E-state index contributed by atoms with van der Waals surface area (Å²) in [6.45, 7) is 3.41. The molecule has 32 heavy (non-hydrogen) atoms. The Morgan fingerprint density at radius 2 is 2.03 bits per heavy atom. The standard InChI is InChI=1S/C25H30FN3O3/c1-3-31-23-8-4-6-18-14-19(16-32-24(18)23)25(30)29(2)13-5-7-21-15-22(28-27-21)17-9-11-20(26)12-10-17/h4,6,8-12,14,21-22,27-28H,3,5,7,13,15-16H2,1-2H3. The molecule has 2 atom stereocenters. The normalized spacial score (nSPS) is 19.7. The summed E-state index contributed by atoms with van der Waals surface area (Å²) in [6, 6.07) is 12.8. The molecule has 170 valence electrons. The van der Waals surface area contributed by atoms with Crippen LogP contribution < -0.4 is 20.3 Å². The number of likely N-dealkylation sites (N-methyl/N-ethyl adjacent to an activating group) is 1. The molecule has 2 N–H and O–H groups in total. The van der Waals surface area contributed by atoms with Crippen molar-refractivity contribution in [2.45, 2.75) is 38.3 Å². The molecule has 0 aliphatic carbocycles. The van der Waals surface area contributed by atoms with Crippen LogP contribution in [-0.2, 0) is 4.79 Å². The van der Waals surface area contributed by atoms with Crippen LogP contribution in [-0.4, -0.2) is 43.7 Å². The molecule has 2 aromatic carbocycles. The summed E-state index contributed by atoms with van der Waals surface area (Å²) in [4.78, 5) is 14.7. The van der Waals surface area contributed by atoms with Gasteiger partial charge in [-0.05, 0) is 56.0 Å². The van der Waals surface area contributed by atoms with Gasteiger partial charge in [-0.15, -0.1) is 0 Å². The first-order valence-electron chi connectivity index (χ1n) is 11.2. The Bertz CT molecular complexity index is 977. The second kappa shape index (κ2) is 10.1. The fourth-order valence-corrected chi connectivity index (χ4v) is 4.22. The number of para-hydroxylation sites is 1. The summed E-state index contributed by atoms with van der Waals surface area (Å²) in [6.07, 6.45) is 4.66. The average molecular weight is 440 g/mol. The van der Waals surface area contributed by atoms with Crippen LogP contribution in [0.4, 0.5) is 4.39 Å². The minimum Gasteiger partial charge on any atom is -0.490 e. The fraction of sp³-hybridized carbons (Fsp3) is 0.400. The van der Waals surface area contributed by atoms with E-state index in [-0.39, 0.29) is 24.4 Å².